The number of carbonyl (C=O) groups excluding carboxylic acids is 2. The summed E-state index contributed by atoms with van der Waals surface area (Å²) in [6.07, 6.45) is 2.09. The van der Waals surface area contributed by atoms with E-state index in [1.807, 2.05) is 25.3 Å². The lowest BCUT2D eigenvalue weighted by Gasteiger charge is -2.40. The zero-order valence-corrected chi connectivity index (χ0v) is 14.5. The van der Waals surface area contributed by atoms with Crippen molar-refractivity contribution in [2.24, 2.45) is 11.8 Å². The van der Waals surface area contributed by atoms with Gasteiger partial charge in [0.1, 0.15) is 12.1 Å². The molecule has 2 atom stereocenters. The van der Waals surface area contributed by atoms with Crippen molar-refractivity contribution < 1.29 is 9.59 Å². The molecule has 2 heterocycles. The van der Waals surface area contributed by atoms with Crippen molar-refractivity contribution in [3.05, 3.63) is 20.8 Å². The average molecular weight is 371 g/mol. The molecule has 2 fully saturated rings. The molecule has 0 spiro atoms. The lowest BCUT2D eigenvalue weighted by Crippen LogP contribution is -2.65. The molecule has 3 rings (SSSR count). The molecule has 6 heteroatoms. The summed E-state index contributed by atoms with van der Waals surface area (Å²) in [7, 11) is 0. The van der Waals surface area contributed by atoms with E-state index in [2.05, 4.69) is 21.2 Å². The zero-order chi connectivity index (χ0) is 15.1. The summed E-state index contributed by atoms with van der Waals surface area (Å²) in [4.78, 5) is 28.1. The summed E-state index contributed by atoms with van der Waals surface area (Å²) in [5, 5.41) is 4.95. The standard InChI is InChI=1S/C15H19BrN2O2S/c1-8(2)13-14(19)17-12(9-3-4-9)15(20)18(13)6-11-5-10(16)7-21-11/h5,7-9,12-13H,3-4,6H2,1-2H3,(H,17,19). The molecular weight excluding hydrogens is 352 g/mol. The number of hydrogen-bond acceptors (Lipinski definition) is 3. The first-order chi connectivity index (χ1) is 9.97. The Morgan fingerprint density at radius 1 is 1.43 bits per heavy atom. The maximum atomic E-state index is 12.8. The van der Waals surface area contributed by atoms with Crippen LogP contribution in [0.3, 0.4) is 0 Å². The van der Waals surface area contributed by atoms with Crippen LogP contribution < -0.4 is 5.32 Å². The number of nitrogens with zero attached hydrogens (tertiary/aromatic N) is 1. The Balaban J connectivity index is 1.86. The molecule has 0 aromatic carbocycles. The number of nitrogens with one attached hydrogen (secondary N) is 1. The Morgan fingerprint density at radius 2 is 2.14 bits per heavy atom. The maximum absolute atomic E-state index is 12.8. The summed E-state index contributed by atoms with van der Waals surface area (Å²) in [6.45, 7) is 4.51. The predicted octanol–water partition coefficient (Wildman–Crippen LogP) is 2.77. The maximum Gasteiger partial charge on any atom is 0.246 e. The Hall–Kier alpha value is -0.880. The van der Waals surface area contributed by atoms with Crippen LogP contribution in [0.25, 0.3) is 0 Å². The van der Waals surface area contributed by atoms with Gasteiger partial charge in [-0.1, -0.05) is 13.8 Å². The molecule has 0 radical (unpaired) electrons. The second-order valence-electron chi connectivity index (χ2n) is 6.21. The third kappa shape index (κ3) is 3.01. The fraction of sp³-hybridized carbons (Fsp3) is 0.600. The van der Waals surface area contributed by atoms with E-state index in [4.69, 9.17) is 0 Å². The van der Waals surface area contributed by atoms with Crippen molar-refractivity contribution in [3.63, 3.8) is 0 Å². The van der Waals surface area contributed by atoms with Crippen molar-refractivity contribution >= 4 is 39.1 Å². The molecule has 0 bridgehead atoms. The van der Waals surface area contributed by atoms with Gasteiger partial charge in [-0.2, -0.15) is 0 Å². The van der Waals surface area contributed by atoms with E-state index in [0.717, 1.165) is 22.2 Å². The Morgan fingerprint density at radius 3 is 2.67 bits per heavy atom. The van der Waals surface area contributed by atoms with E-state index >= 15 is 0 Å². The highest BCUT2D eigenvalue weighted by Gasteiger charge is 2.47. The molecule has 1 aromatic heterocycles. The predicted molar refractivity (Wildman–Crippen MR) is 85.8 cm³/mol. The minimum absolute atomic E-state index is 0.00266. The first-order valence-electron chi connectivity index (χ1n) is 7.31. The Labute approximate surface area is 137 Å². The highest BCUT2D eigenvalue weighted by atomic mass is 79.9. The molecule has 1 saturated carbocycles. The van der Waals surface area contributed by atoms with E-state index in [1.165, 1.54) is 0 Å². The van der Waals surface area contributed by atoms with Gasteiger partial charge in [0.05, 0.1) is 6.54 Å². The highest BCUT2D eigenvalue weighted by molar-refractivity contribution is 9.10. The van der Waals surface area contributed by atoms with Crippen molar-refractivity contribution in [2.45, 2.75) is 45.3 Å². The second kappa shape index (κ2) is 5.72. The normalized spacial score (nSPS) is 26.4. The molecule has 2 aliphatic rings. The van der Waals surface area contributed by atoms with Crippen LogP contribution in [0.15, 0.2) is 15.9 Å². The summed E-state index contributed by atoms with van der Waals surface area (Å²) in [5.41, 5.74) is 0. The van der Waals surface area contributed by atoms with E-state index < -0.39 is 0 Å². The van der Waals surface area contributed by atoms with E-state index in [-0.39, 0.29) is 29.8 Å². The SMILES string of the molecule is CC(C)C1C(=O)NC(C2CC2)C(=O)N1Cc1cc(Br)cs1. The number of piperazine rings is 1. The molecule has 1 aliphatic heterocycles. The van der Waals surface area contributed by atoms with Gasteiger partial charge in [0.2, 0.25) is 11.8 Å². The summed E-state index contributed by atoms with van der Waals surface area (Å²) in [6, 6.07) is 1.35. The third-order valence-electron chi connectivity index (χ3n) is 4.12. The van der Waals surface area contributed by atoms with Gasteiger partial charge in [0.25, 0.3) is 0 Å². The van der Waals surface area contributed by atoms with Crippen molar-refractivity contribution in [1.29, 1.82) is 0 Å². The van der Waals surface area contributed by atoms with Gasteiger partial charge < -0.3 is 10.2 Å². The monoisotopic (exact) mass is 370 g/mol. The Bertz CT molecular complexity index is 568. The van der Waals surface area contributed by atoms with Gasteiger partial charge in [-0.25, -0.2) is 0 Å². The number of thiophene rings is 1. The summed E-state index contributed by atoms with van der Waals surface area (Å²) < 4.78 is 1.02. The number of amides is 2. The van der Waals surface area contributed by atoms with Gasteiger partial charge in [-0.3, -0.25) is 9.59 Å². The van der Waals surface area contributed by atoms with Crippen LogP contribution in [0.5, 0.6) is 0 Å². The molecule has 1 aliphatic carbocycles. The first-order valence-corrected chi connectivity index (χ1v) is 8.98. The fourth-order valence-electron chi connectivity index (χ4n) is 2.95. The second-order valence-corrected chi connectivity index (χ2v) is 8.12. The molecule has 1 saturated heterocycles. The quantitative estimate of drug-likeness (QED) is 0.885. The molecule has 1 aromatic rings. The summed E-state index contributed by atoms with van der Waals surface area (Å²) >= 11 is 5.05. The van der Waals surface area contributed by atoms with Crippen LogP contribution in [-0.4, -0.2) is 28.8 Å². The third-order valence-corrected chi connectivity index (χ3v) is 5.81. The van der Waals surface area contributed by atoms with Gasteiger partial charge >= 0.3 is 0 Å². The van der Waals surface area contributed by atoms with Crippen LogP contribution >= 0.6 is 27.3 Å². The number of rotatable bonds is 4. The van der Waals surface area contributed by atoms with Crippen LogP contribution in [0.4, 0.5) is 0 Å². The number of halogens is 1. The molecule has 21 heavy (non-hydrogen) atoms. The van der Waals surface area contributed by atoms with Crippen molar-refractivity contribution in [3.8, 4) is 0 Å². The molecule has 4 nitrogen and oxygen atoms in total. The lowest BCUT2D eigenvalue weighted by molar-refractivity contribution is -0.152. The van der Waals surface area contributed by atoms with Gasteiger partial charge in [-0.05, 0) is 46.7 Å². The largest absolute Gasteiger partial charge is 0.342 e. The van der Waals surface area contributed by atoms with Crippen LogP contribution in [0.1, 0.15) is 31.6 Å². The molecule has 114 valence electrons. The molecule has 1 N–H and O–H groups in total. The van der Waals surface area contributed by atoms with Crippen LogP contribution in [0.2, 0.25) is 0 Å². The topological polar surface area (TPSA) is 49.4 Å². The van der Waals surface area contributed by atoms with Gasteiger partial charge in [0.15, 0.2) is 0 Å². The molecule has 2 amide bonds. The first kappa shape index (κ1) is 15.0. The van der Waals surface area contributed by atoms with Crippen LogP contribution in [-0.2, 0) is 16.1 Å². The van der Waals surface area contributed by atoms with Crippen LogP contribution in [0, 0.1) is 11.8 Å². The van der Waals surface area contributed by atoms with Crippen molar-refractivity contribution in [2.75, 3.05) is 0 Å². The minimum Gasteiger partial charge on any atom is -0.342 e. The van der Waals surface area contributed by atoms with E-state index in [0.29, 0.717) is 12.5 Å². The van der Waals surface area contributed by atoms with E-state index in [1.54, 1.807) is 16.2 Å². The van der Waals surface area contributed by atoms with E-state index in [9.17, 15) is 9.59 Å². The van der Waals surface area contributed by atoms with Gasteiger partial charge in [-0.15, -0.1) is 11.3 Å². The smallest absolute Gasteiger partial charge is 0.246 e. The highest BCUT2D eigenvalue weighted by Crippen LogP contribution is 2.36. The Kier molecular flexibility index (Phi) is 4.10. The van der Waals surface area contributed by atoms with Gasteiger partial charge in [0, 0.05) is 14.7 Å². The average Bonchev–Trinajstić information content (AvgIpc) is 3.17. The molecule has 2 unspecified atom stereocenters. The van der Waals surface area contributed by atoms with Crippen molar-refractivity contribution in [1.82, 2.24) is 10.2 Å². The molecular formula is C15H19BrN2O2S. The summed E-state index contributed by atoms with van der Waals surface area (Å²) in [5.74, 6) is 0.530. The fourth-order valence-corrected chi connectivity index (χ4v) is 4.40. The minimum atomic E-state index is -0.367. The lowest BCUT2D eigenvalue weighted by atomic mass is 9.95. The number of carbonyl (C=O) groups is 2. The number of hydrogen-bond donors (Lipinski definition) is 1. The zero-order valence-electron chi connectivity index (χ0n) is 12.1.